The van der Waals surface area contributed by atoms with Gasteiger partial charge in [0.25, 0.3) is 5.56 Å². The van der Waals surface area contributed by atoms with Crippen LogP contribution in [0.15, 0.2) is 59.4 Å². The van der Waals surface area contributed by atoms with E-state index < -0.39 is 0 Å². The lowest BCUT2D eigenvalue weighted by atomic mass is 10.1. The van der Waals surface area contributed by atoms with E-state index in [1.807, 2.05) is 61.5 Å². The average Bonchev–Trinajstić information content (AvgIpc) is 2.74. The van der Waals surface area contributed by atoms with Crippen LogP contribution in [-0.2, 0) is 6.54 Å². The molecule has 31 heavy (non-hydrogen) atoms. The lowest BCUT2D eigenvalue weighted by Gasteiger charge is -2.26. The van der Waals surface area contributed by atoms with Crippen molar-refractivity contribution in [3.05, 3.63) is 70.5 Å². The first kappa shape index (κ1) is 22.8. The van der Waals surface area contributed by atoms with Crippen LogP contribution in [0.4, 0.5) is 5.69 Å². The molecule has 0 aliphatic rings. The van der Waals surface area contributed by atoms with Crippen molar-refractivity contribution in [2.75, 3.05) is 39.1 Å². The Labute approximate surface area is 188 Å². The van der Waals surface area contributed by atoms with Crippen molar-refractivity contribution in [2.45, 2.75) is 19.9 Å². The summed E-state index contributed by atoms with van der Waals surface area (Å²) in [5.74, 6) is 0.789. The first-order chi connectivity index (χ1) is 15.0. The molecule has 0 radical (unpaired) electrons. The SMILES string of the molecule is CCOc1ccc2[nH]c(=O)c(CN(CCCN(C)C)C(=S)Nc3ccccc3)cc2c1. The van der Waals surface area contributed by atoms with Crippen molar-refractivity contribution >= 4 is 33.9 Å². The van der Waals surface area contributed by atoms with E-state index in [0.29, 0.717) is 23.8 Å². The van der Waals surface area contributed by atoms with E-state index >= 15 is 0 Å². The van der Waals surface area contributed by atoms with E-state index in [9.17, 15) is 4.79 Å². The number of rotatable bonds is 9. The summed E-state index contributed by atoms with van der Waals surface area (Å²) in [4.78, 5) is 19.9. The molecule has 0 saturated heterocycles. The maximum Gasteiger partial charge on any atom is 0.253 e. The summed E-state index contributed by atoms with van der Waals surface area (Å²) in [6.07, 6.45) is 0.934. The third kappa shape index (κ3) is 6.54. The standard InChI is InChI=1S/C24H30N4O2S/c1-4-30-21-11-12-22-18(16-21)15-19(23(29)26-22)17-28(14-8-13-27(2)3)24(31)25-20-9-6-5-7-10-20/h5-7,9-12,15-16H,4,8,13-14,17H2,1-3H3,(H,25,31)(H,26,29). The number of ether oxygens (including phenoxy) is 1. The molecular formula is C24H30N4O2S. The highest BCUT2D eigenvalue weighted by molar-refractivity contribution is 7.80. The van der Waals surface area contributed by atoms with E-state index in [-0.39, 0.29) is 5.56 Å². The molecule has 0 aliphatic heterocycles. The van der Waals surface area contributed by atoms with Crippen LogP contribution >= 0.6 is 12.2 Å². The van der Waals surface area contributed by atoms with Crippen LogP contribution in [-0.4, -0.2) is 53.7 Å². The van der Waals surface area contributed by atoms with Crippen LogP contribution < -0.4 is 15.6 Å². The first-order valence-corrected chi connectivity index (χ1v) is 10.9. The minimum atomic E-state index is -0.100. The van der Waals surface area contributed by atoms with E-state index in [1.54, 1.807) is 0 Å². The van der Waals surface area contributed by atoms with Crippen LogP contribution in [0.25, 0.3) is 10.9 Å². The van der Waals surface area contributed by atoms with Crippen molar-refractivity contribution in [2.24, 2.45) is 0 Å². The summed E-state index contributed by atoms with van der Waals surface area (Å²) in [5, 5.41) is 4.84. The number of aromatic amines is 1. The third-order valence-corrected chi connectivity index (χ3v) is 5.27. The number of para-hydroxylation sites is 1. The molecule has 7 heteroatoms. The highest BCUT2D eigenvalue weighted by Crippen LogP contribution is 2.20. The summed E-state index contributed by atoms with van der Waals surface area (Å²) in [6.45, 7) is 4.66. The van der Waals surface area contributed by atoms with Gasteiger partial charge in [0.05, 0.1) is 13.2 Å². The molecule has 3 rings (SSSR count). The minimum Gasteiger partial charge on any atom is -0.494 e. The maximum absolute atomic E-state index is 12.8. The lowest BCUT2D eigenvalue weighted by Crippen LogP contribution is -2.37. The molecule has 1 heterocycles. The van der Waals surface area contributed by atoms with Gasteiger partial charge in [0.1, 0.15) is 5.75 Å². The first-order valence-electron chi connectivity index (χ1n) is 10.5. The second kappa shape index (κ2) is 10.9. The van der Waals surface area contributed by atoms with Crippen LogP contribution in [0.5, 0.6) is 5.75 Å². The molecular weight excluding hydrogens is 408 g/mol. The number of nitrogens with one attached hydrogen (secondary N) is 2. The molecule has 2 N–H and O–H groups in total. The Morgan fingerprint density at radius 1 is 1.10 bits per heavy atom. The topological polar surface area (TPSA) is 60.6 Å². The summed E-state index contributed by atoms with van der Waals surface area (Å²) in [6, 6.07) is 17.5. The van der Waals surface area contributed by atoms with Gasteiger partial charge < -0.3 is 24.8 Å². The summed E-state index contributed by atoms with van der Waals surface area (Å²) >= 11 is 5.70. The fourth-order valence-electron chi connectivity index (χ4n) is 3.36. The Balaban J connectivity index is 1.84. The van der Waals surface area contributed by atoms with Gasteiger partial charge in [-0.1, -0.05) is 18.2 Å². The maximum atomic E-state index is 12.8. The fourth-order valence-corrected chi connectivity index (χ4v) is 3.64. The number of H-pyrrole nitrogens is 1. The molecule has 1 aromatic heterocycles. The van der Waals surface area contributed by atoms with Gasteiger partial charge in [-0.15, -0.1) is 0 Å². The van der Waals surface area contributed by atoms with Crippen LogP contribution in [0, 0.1) is 0 Å². The minimum absolute atomic E-state index is 0.100. The van der Waals surface area contributed by atoms with Crippen LogP contribution in [0.2, 0.25) is 0 Å². The zero-order valence-electron chi connectivity index (χ0n) is 18.4. The largest absolute Gasteiger partial charge is 0.494 e. The molecule has 0 saturated carbocycles. The lowest BCUT2D eigenvalue weighted by molar-refractivity contribution is 0.340. The smallest absolute Gasteiger partial charge is 0.253 e. The number of fused-ring (bicyclic) bond motifs is 1. The van der Waals surface area contributed by atoms with Crippen molar-refractivity contribution in [1.29, 1.82) is 0 Å². The van der Waals surface area contributed by atoms with Gasteiger partial charge in [0.2, 0.25) is 0 Å². The van der Waals surface area contributed by atoms with E-state index in [4.69, 9.17) is 17.0 Å². The Hall–Kier alpha value is -2.90. The Morgan fingerprint density at radius 3 is 2.58 bits per heavy atom. The molecule has 0 atom stereocenters. The third-order valence-electron chi connectivity index (χ3n) is 4.91. The van der Waals surface area contributed by atoms with Gasteiger partial charge in [-0.05, 0) is 82.6 Å². The Morgan fingerprint density at radius 2 is 1.87 bits per heavy atom. The number of anilines is 1. The fraction of sp³-hybridized carbons (Fsp3) is 0.333. The number of thiocarbonyl (C=S) groups is 1. The molecule has 0 bridgehead atoms. The van der Waals surface area contributed by atoms with Crippen molar-refractivity contribution in [1.82, 2.24) is 14.8 Å². The molecule has 0 unspecified atom stereocenters. The monoisotopic (exact) mass is 438 g/mol. The second-order valence-electron chi connectivity index (χ2n) is 7.68. The van der Waals surface area contributed by atoms with Gasteiger partial charge in [0, 0.05) is 28.7 Å². The zero-order valence-corrected chi connectivity index (χ0v) is 19.2. The second-order valence-corrected chi connectivity index (χ2v) is 8.07. The Kier molecular flexibility index (Phi) is 8.03. The number of hydrogen-bond donors (Lipinski definition) is 2. The van der Waals surface area contributed by atoms with Crippen molar-refractivity contribution in [3.8, 4) is 5.75 Å². The number of pyridine rings is 1. The zero-order chi connectivity index (χ0) is 22.2. The molecule has 2 aromatic carbocycles. The number of nitrogens with zero attached hydrogens (tertiary/aromatic N) is 2. The van der Waals surface area contributed by atoms with Gasteiger partial charge >= 0.3 is 0 Å². The number of hydrogen-bond acceptors (Lipinski definition) is 4. The van der Waals surface area contributed by atoms with Crippen LogP contribution in [0.3, 0.4) is 0 Å². The van der Waals surface area contributed by atoms with Gasteiger partial charge in [-0.25, -0.2) is 0 Å². The van der Waals surface area contributed by atoms with Crippen molar-refractivity contribution < 1.29 is 4.74 Å². The molecule has 0 spiro atoms. The molecule has 0 amide bonds. The predicted octanol–water partition coefficient (Wildman–Crippen LogP) is 4.08. The quantitative estimate of drug-likeness (QED) is 0.491. The van der Waals surface area contributed by atoms with Gasteiger partial charge in [-0.2, -0.15) is 0 Å². The molecule has 6 nitrogen and oxygen atoms in total. The van der Waals surface area contributed by atoms with Gasteiger partial charge in [-0.3, -0.25) is 4.79 Å². The van der Waals surface area contributed by atoms with Crippen molar-refractivity contribution in [3.63, 3.8) is 0 Å². The number of aromatic nitrogens is 1. The Bertz CT molecular complexity index is 1070. The highest BCUT2D eigenvalue weighted by Gasteiger charge is 2.14. The van der Waals surface area contributed by atoms with E-state index in [1.165, 1.54) is 0 Å². The molecule has 3 aromatic rings. The summed E-state index contributed by atoms with van der Waals surface area (Å²) in [5.41, 5.74) is 2.29. The van der Waals surface area contributed by atoms with E-state index in [2.05, 4.69) is 34.2 Å². The molecule has 164 valence electrons. The summed E-state index contributed by atoms with van der Waals surface area (Å²) < 4.78 is 5.61. The highest BCUT2D eigenvalue weighted by atomic mass is 32.1. The number of benzene rings is 2. The normalized spacial score (nSPS) is 11.0. The summed E-state index contributed by atoms with van der Waals surface area (Å²) in [7, 11) is 4.10. The van der Waals surface area contributed by atoms with Crippen LogP contribution in [0.1, 0.15) is 18.9 Å². The molecule has 0 fully saturated rings. The van der Waals surface area contributed by atoms with E-state index in [0.717, 1.165) is 41.9 Å². The molecule has 0 aliphatic carbocycles. The average molecular weight is 439 g/mol. The predicted molar refractivity (Wildman–Crippen MR) is 132 cm³/mol. The van der Waals surface area contributed by atoms with Gasteiger partial charge in [0.15, 0.2) is 5.11 Å².